The first-order valence-corrected chi connectivity index (χ1v) is 13.0. The molecule has 0 saturated heterocycles. The van der Waals surface area contributed by atoms with Gasteiger partial charge in [-0.3, -0.25) is 4.72 Å². The largest absolute Gasteiger partial charge is 0.478 e. The predicted molar refractivity (Wildman–Crippen MR) is 140 cm³/mol. The fraction of sp³-hybridized carbons (Fsp3) is 0.0833. The van der Waals surface area contributed by atoms with Gasteiger partial charge in [-0.25, -0.2) is 13.2 Å². The molecule has 0 aliphatic carbocycles. The first-order valence-electron chi connectivity index (χ1n) is 10.4. The molecule has 0 atom stereocenters. The highest BCUT2D eigenvalue weighted by atomic mass is 35.5. The molecule has 12 heteroatoms. The molecule has 0 saturated carbocycles. The topological polar surface area (TPSA) is 122 Å². The second-order valence-corrected chi connectivity index (χ2v) is 10.5. The molecule has 0 spiro atoms. The Morgan fingerprint density at radius 2 is 1.64 bits per heavy atom. The summed E-state index contributed by atoms with van der Waals surface area (Å²) < 4.78 is 33.9. The average Bonchev–Trinajstić information content (AvgIpc) is 3.18. The molecule has 0 amide bonds. The Balaban J connectivity index is 1.69. The van der Waals surface area contributed by atoms with Gasteiger partial charge in [0.25, 0.3) is 10.0 Å². The van der Waals surface area contributed by atoms with Gasteiger partial charge in [0, 0.05) is 28.4 Å². The Hall–Kier alpha value is -3.24. The van der Waals surface area contributed by atoms with E-state index in [1.165, 1.54) is 42.5 Å². The van der Waals surface area contributed by atoms with Crippen LogP contribution in [0.1, 0.15) is 21.7 Å². The molecule has 4 aromatic rings. The number of carboxylic acid groups (broad SMARTS) is 1. The molecule has 0 bridgehead atoms. The summed E-state index contributed by atoms with van der Waals surface area (Å²) in [7, 11) is -4.25. The minimum atomic E-state index is -4.25. The van der Waals surface area contributed by atoms with Crippen molar-refractivity contribution in [2.24, 2.45) is 0 Å². The van der Waals surface area contributed by atoms with Gasteiger partial charge < -0.3 is 14.9 Å². The zero-order valence-corrected chi connectivity index (χ0v) is 21.6. The van der Waals surface area contributed by atoms with E-state index in [1.54, 1.807) is 25.1 Å². The highest BCUT2D eigenvalue weighted by molar-refractivity contribution is 7.92. The zero-order valence-electron chi connectivity index (χ0n) is 18.6. The molecule has 4 rings (SSSR count). The Morgan fingerprint density at radius 1 is 1.00 bits per heavy atom. The lowest BCUT2D eigenvalue weighted by Gasteiger charge is -2.15. The van der Waals surface area contributed by atoms with E-state index in [1.807, 2.05) is 0 Å². The number of nitrogens with one attached hydrogen (secondary N) is 2. The highest BCUT2D eigenvalue weighted by Gasteiger charge is 2.26. The van der Waals surface area contributed by atoms with Crippen molar-refractivity contribution in [2.75, 3.05) is 10.0 Å². The first kappa shape index (κ1) is 25.8. The molecule has 0 aliphatic rings. The van der Waals surface area contributed by atoms with E-state index in [4.69, 9.17) is 39.3 Å². The minimum Gasteiger partial charge on any atom is -0.478 e. The maximum Gasteiger partial charge on any atom is 0.339 e. The predicted octanol–water partition coefficient (Wildman–Crippen LogP) is 6.72. The number of benzene rings is 3. The number of anilines is 2. The molecule has 0 radical (unpaired) electrons. The van der Waals surface area contributed by atoms with Gasteiger partial charge in [0.05, 0.1) is 15.7 Å². The van der Waals surface area contributed by atoms with Crippen molar-refractivity contribution in [3.05, 3.63) is 92.6 Å². The Kier molecular flexibility index (Phi) is 7.46. The van der Waals surface area contributed by atoms with Gasteiger partial charge in [0.2, 0.25) is 0 Å². The number of aryl methyl sites for hydroxylation is 1. The smallest absolute Gasteiger partial charge is 0.339 e. The van der Waals surface area contributed by atoms with Crippen LogP contribution in [0.5, 0.6) is 0 Å². The molecule has 186 valence electrons. The Morgan fingerprint density at radius 3 is 2.28 bits per heavy atom. The summed E-state index contributed by atoms with van der Waals surface area (Å²) in [5.74, 6) is -0.968. The van der Waals surface area contributed by atoms with E-state index in [-0.39, 0.29) is 17.9 Å². The van der Waals surface area contributed by atoms with Crippen LogP contribution in [-0.4, -0.2) is 24.7 Å². The Labute approximate surface area is 221 Å². The maximum absolute atomic E-state index is 13.1. The van der Waals surface area contributed by atoms with Crippen LogP contribution in [0.15, 0.2) is 70.1 Å². The van der Waals surface area contributed by atoms with Crippen LogP contribution >= 0.6 is 34.8 Å². The number of carbonyl (C=O) groups is 1. The number of hydrogen-bond donors (Lipinski definition) is 3. The number of nitrogens with zero attached hydrogens (tertiary/aromatic N) is 1. The molecule has 36 heavy (non-hydrogen) atoms. The number of halogens is 3. The van der Waals surface area contributed by atoms with Crippen molar-refractivity contribution >= 4 is 62.2 Å². The molecule has 0 unspecified atom stereocenters. The summed E-state index contributed by atoms with van der Waals surface area (Å²) >= 11 is 18.5. The van der Waals surface area contributed by atoms with Gasteiger partial charge >= 0.3 is 5.97 Å². The van der Waals surface area contributed by atoms with Crippen LogP contribution in [-0.2, 0) is 16.6 Å². The quantitative estimate of drug-likeness (QED) is 0.216. The fourth-order valence-electron chi connectivity index (χ4n) is 3.55. The molecular formula is C24H18Cl3N3O5S. The molecule has 3 aromatic carbocycles. The highest BCUT2D eigenvalue weighted by Crippen LogP contribution is 2.37. The van der Waals surface area contributed by atoms with Crippen LogP contribution in [0, 0.1) is 6.92 Å². The van der Waals surface area contributed by atoms with Gasteiger partial charge in [0.1, 0.15) is 21.9 Å². The van der Waals surface area contributed by atoms with Crippen LogP contribution < -0.4 is 10.0 Å². The van der Waals surface area contributed by atoms with Gasteiger partial charge in [-0.1, -0.05) is 52.1 Å². The van der Waals surface area contributed by atoms with Gasteiger partial charge in [0.15, 0.2) is 0 Å². The monoisotopic (exact) mass is 565 g/mol. The van der Waals surface area contributed by atoms with Crippen molar-refractivity contribution in [2.45, 2.75) is 18.4 Å². The number of sulfonamides is 1. The summed E-state index contributed by atoms with van der Waals surface area (Å²) in [5, 5.41) is 18.1. The van der Waals surface area contributed by atoms with Crippen molar-refractivity contribution in [1.29, 1.82) is 0 Å². The summed E-state index contributed by atoms with van der Waals surface area (Å²) in [5.41, 5.74) is 1.32. The van der Waals surface area contributed by atoms with E-state index in [0.29, 0.717) is 37.6 Å². The van der Waals surface area contributed by atoms with Gasteiger partial charge in [-0.05, 0) is 55.5 Å². The first-order chi connectivity index (χ1) is 17.1. The third-order valence-corrected chi connectivity index (χ3v) is 7.57. The second kappa shape index (κ2) is 10.4. The van der Waals surface area contributed by atoms with Crippen molar-refractivity contribution < 1.29 is 22.8 Å². The zero-order chi connectivity index (χ0) is 26.0. The standard InChI is InChI=1S/C24H18Cl3N3O5S/c1-13-16(23(29-35-13)21-17(26)4-2-5-18(21)27)12-28-19-6-3-7-20(22(19)24(31)32)36(33,34)30-15-10-8-14(25)9-11-15/h2-11,28,30H,12H2,1H3,(H,31,32). The number of aromatic carboxylic acids is 1. The SMILES string of the molecule is Cc1onc(-c2c(Cl)cccc2Cl)c1CNc1cccc(S(=O)(=O)Nc2ccc(Cl)cc2)c1C(=O)O. The normalized spacial score (nSPS) is 11.3. The minimum absolute atomic E-state index is 0.0562. The van der Waals surface area contributed by atoms with Crippen LogP contribution in [0.25, 0.3) is 11.3 Å². The van der Waals surface area contributed by atoms with Crippen LogP contribution in [0.4, 0.5) is 11.4 Å². The third kappa shape index (κ3) is 5.29. The summed E-state index contributed by atoms with van der Waals surface area (Å²) in [6.07, 6.45) is 0. The van der Waals surface area contributed by atoms with E-state index in [2.05, 4.69) is 15.2 Å². The molecule has 3 N–H and O–H groups in total. The van der Waals surface area contributed by atoms with Crippen molar-refractivity contribution in [3.8, 4) is 11.3 Å². The van der Waals surface area contributed by atoms with Gasteiger partial charge in [-0.2, -0.15) is 0 Å². The number of aromatic nitrogens is 1. The van der Waals surface area contributed by atoms with E-state index in [0.717, 1.165) is 0 Å². The van der Waals surface area contributed by atoms with E-state index >= 15 is 0 Å². The number of carboxylic acids is 1. The number of rotatable bonds is 8. The van der Waals surface area contributed by atoms with Gasteiger partial charge in [-0.15, -0.1) is 0 Å². The van der Waals surface area contributed by atoms with Crippen LogP contribution in [0.2, 0.25) is 15.1 Å². The van der Waals surface area contributed by atoms with Crippen LogP contribution in [0.3, 0.4) is 0 Å². The molecule has 0 aliphatic heterocycles. The lowest BCUT2D eigenvalue weighted by Crippen LogP contribution is -2.18. The molecular weight excluding hydrogens is 549 g/mol. The molecule has 0 fully saturated rings. The Bertz CT molecular complexity index is 1530. The van der Waals surface area contributed by atoms with Crippen molar-refractivity contribution in [3.63, 3.8) is 0 Å². The lowest BCUT2D eigenvalue weighted by molar-refractivity contribution is 0.0693. The fourth-order valence-corrected chi connectivity index (χ4v) is 5.54. The lowest BCUT2D eigenvalue weighted by atomic mass is 10.1. The summed E-state index contributed by atoms with van der Waals surface area (Å²) in [6.45, 7) is 1.74. The third-order valence-electron chi connectivity index (χ3n) is 5.27. The van der Waals surface area contributed by atoms with E-state index < -0.39 is 26.5 Å². The number of hydrogen-bond acceptors (Lipinski definition) is 6. The molecule has 8 nitrogen and oxygen atoms in total. The summed E-state index contributed by atoms with van der Waals surface area (Å²) in [4.78, 5) is 11.8. The molecule has 1 aromatic heterocycles. The summed E-state index contributed by atoms with van der Waals surface area (Å²) in [6, 6.07) is 15.1. The molecule has 1 heterocycles. The maximum atomic E-state index is 13.1. The van der Waals surface area contributed by atoms with Crippen molar-refractivity contribution in [1.82, 2.24) is 5.16 Å². The second-order valence-electron chi connectivity index (χ2n) is 7.61. The van der Waals surface area contributed by atoms with E-state index in [9.17, 15) is 18.3 Å². The average molecular weight is 567 g/mol.